The van der Waals surface area contributed by atoms with Crippen molar-refractivity contribution in [3.63, 3.8) is 0 Å². The number of aromatic amines is 1. The molecule has 0 aliphatic rings. The summed E-state index contributed by atoms with van der Waals surface area (Å²) in [5.74, 6) is -2.28. The highest BCUT2D eigenvalue weighted by atomic mass is 32.2. The van der Waals surface area contributed by atoms with Gasteiger partial charge >= 0.3 is 11.9 Å². The number of hydrogen-bond donors (Lipinski definition) is 1. The van der Waals surface area contributed by atoms with E-state index >= 15 is 0 Å². The fourth-order valence-corrected chi connectivity index (χ4v) is 5.97. The summed E-state index contributed by atoms with van der Waals surface area (Å²) in [5.41, 5.74) is 1.35. The normalized spacial score (nSPS) is 12.1. The third kappa shape index (κ3) is 4.90. The first-order chi connectivity index (χ1) is 17.7. The fourth-order valence-electron chi connectivity index (χ4n) is 4.18. The number of carbonyl (C=O) groups is 2. The maximum Gasteiger partial charge on any atom is 0.355 e. The van der Waals surface area contributed by atoms with Gasteiger partial charge in [0.2, 0.25) is 0 Å². The van der Waals surface area contributed by atoms with Crippen molar-refractivity contribution >= 4 is 21.8 Å². The molecule has 190 valence electrons. The van der Waals surface area contributed by atoms with Crippen molar-refractivity contribution in [2.45, 2.75) is 17.1 Å². The zero-order valence-corrected chi connectivity index (χ0v) is 21.1. The minimum absolute atomic E-state index is 0.0141. The Morgan fingerprint density at radius 2 is 1.43 bits per heavy atom. The number of carbonyl (C=O) groups excluding carboxylic acids is 2. The number of rotatable bonds is 7. The van der Waals surface area contributed by atoms with E-state index in [2.05, 4.69) is 4.98 Å². The first kappa shape index (κ1) is 25.8. The van der Waals surface area contributed by atoms with E-state index in [1.165, 1.54) is 24.3 Å². The predicted molar refractivity (Wildman–Crippen MR) is 136 cm³/mol. The summed E-state index contributed by atoms with van der Waals surface area (Å²) in [4.78, 5) is 28.6. The molecule has 0 spiro atoms. The molecule has 0 amide bonds. The number of halogens is 1. The molecule has 1 atom stereocenters. The lowest BCUT2D eigenvalue weighted by Gasteiger charge is -2.20. The molecule has 9 heteroatoms. The second-order valence-electron chi connectivity index (χ2n) is 8.30. The highest BCUT2D eigenvalue weighted by Crippen LogP contribution is 2.42. The first-order valence-electron chi connectivity index (χ1n) is 11.2. The van der Waals surface area contributed by atoms with Crippen LogP contribution in [0.25, 0.3) is 11.1 Å². The number of aromatic nitrogens is 1. The van der Waals surface area contributed by atoms with E-state index in [1.807, 2.05) is 6.92 Å². The third-order valence-corrected chi connectivity index (χ3v) is 8.02. The molecule has 3 aromatic carbocycles. The fraction of sp³-hybridized carbons (Fsp3) is 0.143. The smallest absolute Gasteiger partial charge is 0.355 e. The van der Waals surface area contributed by atoms with Crippen LogP contribution in [0.3, 0.4) is 0 Å². The van der Waals surface area contributed by atoms with E-state index in [-0.39, 0.29) is 33.0 Å². The van der Waals surface area contributed by atoms with Crippen LogP contribution in [0.4, 0.5) is 4.39 Å². The first-order valence-corrected chi connectivity index (χ1v) is 12.8. The summed E-state index contributed by atoms with van der Waals surface area (Å²) < 4.78 is 52.0. The van der Waals surface area contributed by atoms with Crippen LogP contribution in [0.2, 0.25) is 0 Å². The van der Waals surface area contributed by atoms with Crippen LogP contribution >= 0.6 is 0 Å². The molecule has 0 aliphatic heterocycles. The summed E-state index contributed by atoms with van der Waals surface area (Å²) in [7, 11) is -1.89. The minimum atomic E-state index is -4.19. The number of benzene rings is 3. The van der Waals surface area contributed by atoms with Crippen LogP contribution in [0, 0.1) is 12.7 Å². The molecule has 7 nitrogen and oxygen atoms in total. The van der Waals surface area contributed by atoms with Gasteiger partial charge in [-0.15, -0.1) is 0 Å². The molecule has 1 N–H and O–H groups in total. The molecular formula is C28H24FNO6S. The van der Waals surface area contributed by atoms with Gasteiger partial charge in [0.25, 0.3) is 0 Å². The lowest BCUT2D eigenvalue weighted by Crippen LogP contribution is -2.17. The Morgan fingerprint density at radius 3 is 2.00 bits per heavy atom. The Morgan fingerprint density at radius 1 is 0.838 bits per heavy atom. The number of methoxy groups -OCH3 is 2. The molecule has 4 aromatic rings. The summed E-state index contributed by atoms with van der Waals surface area (Å²) in [6.45, 7) is 1.83. The number of hydrogen-bond acceptors (Lipinski definition) is 6. The van der Waals surface area contributed by atoms with E-state index in [4.69, 9.17) is 9.47 Å². The average molecular weight is 522 g/mol. The quantitative estimate of drug-likeness (QED) is 0.333. The summed E-state index contributed by atoms with van der Waals surface area (Å²) in [5, 5.41) is -1.44. The molecule has 0 bridgehead atoms. The van der Waals surface area contributed by atoms with Gasteiger partial charge in [-0.3, -0.25) is 0 Å². The Kier molecular flexibility index (Phi) is 7.26. The van der Waals surface area contributed by atoms with Crippen LogP contribution in [0.5, 0.6) is 0 Å². The van der Waals surface area contributed by atoms with Gasteiger partial charge in [-0.2, -0.15) is 0 Å². The molecule has 0 aliphatic carbocycles. The van der Waals surface area contributed by atoms with E-state index in [0.717, 1.165) is 31.9 Å². The van der Waals surface area contributed by atoms with Crippen molar-refractivity contribution < 1.29 is 31.9 Å². The van der Waals surface area contributed by atoms with Gasteiger partial charge in [-0.05, 0) is 42.3 Å². The van der Waals surface area contributed by atoms with Crippen LogP contribution < -0.4 is 0 Å². The highest BCUT2D eigenvalue weighted by molar-refractivity contribution is 7.92. The molecule has 0 fully saturated rings. The number of esters is 2. The molecule has 37 heavy (non-hydrogen) atoms. The van der Waals surface area contributed by atoms with Gasteiger partial charge in [0.1, 0.15) is 22.3 Å². The van der Waals surface area contributed by atoms with E-state index in [0.29, 0.717) is 5.56 Å². The second-order valence-corrected chi connectivity index (χ2v) is 10.3. The zero-order valence-electron chi connectivity index (χ0n) is 20.3. The lowest BCUT2D eigenvalue weighted by molar-refractivity contribution is 0.0552. The Hall–Kier alpha value is -4.24. The third-order valence-electron chi connectivity index (χ3n) is 5.97. The second kappa shape index (κ2) is 10.4. The van der Waals surface area contributed by atoms with Crippen LogP contribution in [-0.2, 0) is 19.3 Å². The van der Waals surface area contributed by atoms with Gasteiger partial charge in [-0.25, -0.2) is 22.4 Å². The van der Waals surface area contributed by atoms with Crippen molar-refractivity contribution in [1.82, 2.24) is 4.98 Å². The van der Waals surface area contributed by atoms with Gasteiger partial charge in [0.15, 0.2) is 9.84 Å². The maximum absolute atomic E-state index is 14.2. The lowest BCUT2D eigenvalue weighted by atomic mass is 9.96. The highest BCUT2D eigenvalue weighted by Gasteiger charge is 2.39. The minimum Gasteiger partial charge on any atom is -0.465 e. The molecule has 1 heterocycles. The summed E-state index contributed by atoms with van der Waals surface area (Å²) in [6.07, 6.45) is 0. The summed E-state index contributed by atoms with van der Waals surface area (Å²) in [6, 6.07) is 19.9. The van der Waals surface area contributed by atoms with E-state index < -0.39 is 32.8 Å². The SMILES string of the molecule is COC(=O)c1[nH]c(C(c2ccc(F)cc2)S(=O)(=O)c2ccc(C)cc2)c(-c2ccccc2)c1C(=O)OC. The van der Waals surface area contributed by atoms with Gasteiger partial charge < -0.3 is 14.5 Å². The number of H-pyrrole nitrogens is 1. The standard InChI is InChI=1S/C28H24FNO6S/c1-17-9-15-21(16-10-17)37(33,34)26(19-11-13-20(29)14-12-19)24-22(18-7-5-4-6-8-18)23(27(31)35-2)25(30-24)28(32)36-3/h4-16,26,30H,1-3H3. The number of nitrogens with one attached hydrogen (secondary N) is 1. The molecule has 1 aromatic heterocycles. The van der Waals surface area contributed by atoms with Crippen LogP contribution in [0.15, 0.2) is 83.8 Å². The van der Waals surface area contributed by atoms with Gasteiger partial charge in [0.05, 0.1) is 19.1 Å². The van der Waals surface area contributed by atoms with E-state index in [9.17, 15) is 22.4 Å². The number of sulfone groups is 1. The number of ether oxygens (including phenoxy) is 2. The van der Waals surface area contributed by atoms with Crippen molar-refractivity contribution in [2.24, 2.45) is 0 Å². The topological polar surface area (TPSA) is 103 Å². The Bertz CT molecular complexity index is 1540. The van der Waals surface area contributed by atoms with Crippen molar-refractivity contribution in [3.05, 3.63) is 113 Å². The molecule has 1 unspecified atom stereocenters. The summed E-state index contributed by atoms with van der Waals surface area (Å²) >= 11 is 0. The van der Waals surface area contributed by atoms with Crippen molar-refractivity contribution in [3.8, 4) is 11.1 Å². The zero-order chi connectivity index (χ0) is 26.7. The monoisotopic (exact) mass is 521 g/mol. The Labute approximate surface area is 213 Å². The largest absolute Gasteiger partial charge is 0.465 e. The van der Waals surface area contributed by atoms with Crippen LogP contribution in [0.1, 0.15) is 42.9 Å². The predicted octanol–water partition coefficient (Wildman–Crippen LogP) is 5.27. The average Bonchev–Trinajstić information content (AvgIpc) is 3.29. The van der Waals surface area contributed by atoms with Gasteiger partial charge in [-0.1, -0.05) is 60.2 Å². The van der Waals surface area contributed by atoms with Crippen molar-refractivity contribution in [1.29, 1.82) is 0 Å². The van der Waals surface area contributed by atoms with Gasteiger partial charge in [0, 0.05) is 11.3 Å². The molecule has 0 saturated heterocycles. The molecule has 0 radical (unpaired) electrons. The molecule has 0 saturated carbocycles. The number of aryl methyl sites for hydroxylation is 1. The molecule has 4 rings (SSSR count). The van der Waals surface area contributed by atoms with Crippen LogP contribution in [-0.4, -0.2) is 39.6 Å². The maximum atomic E-state index is 14.2. The van der Waals surface area contributed by atoms with E-state index in [1.54, 1.807) is 42.5 Å². The Balaban J connectivity index is 2.13. The van der Waals surface area contributed by atoms with Crippen molar-refractivity contribution in [2.75, 3.05) is 14.2 Å². The molecular weight excluding hydrogens is 497 g/mol.